The Balaban J connectivity index is 1.68. The molecule has 1 amide bonds. The van der Waals surface area contributed by atoms with Crippen molar-refractivity contribution in [2.75, 3.05) is 25.5 Å². The van der Waals surface area contributed by atoms with Crippen LogP contribution in [-0.2, 0) is 4.79 Å². The Labute approximate surface area is 168 Å². The molecule has 0 aromatic heterocycles. The van der Waals surface area contributed by atoms with E-state index in [1.165, 1.54) is 5.56 Å². The molecule has 0 bridgehead atoms. The molecule has 0 aliphatic carbocycles. The topological polar surface area (TPSA) is 41.6 Å². The van der Waals surface area contributed by atoms with E-state index >= 15 is 0 Å². The van der Waals surface area contributed by atoms with Gasteiger partial charge in [-0.25, -0.2) is 0 Å². The number of nitrogens with zero attached hydrogens (tertiary/aromatic N) is 1. The molecule has 1 saturated heterocycles. The van der Waals surface area contributed by atoms with Crippen molar-refractivity contribution in [2.45, 2.75) is 18.9 Å². The van der Waals surface area contributed by atoms with Gasteiger partial charge in [0.05, 0.1) is 29.4 Å². The average Bonchev–Trinajstić information content (AvgIpc) is 3.06. The summed E-state index contributed by atoms with van der Waals surface area (Å²) >= 11 is 18.2. The van der Waals surface area contributed by atoms with Crippen LogP contribution in [0.15, 0.2) is 36.4 Å². The van der Waals surface area contributed by atoms with Gasteiger partial charge in [-0.3, -0.25) is 9.69 Å². The van der Waals surface area contributed by atoms with Crippen molar-refractivity contribution < 1.29 is 9.53 Å². The molecule has 1 unspecified atom stereocenters. The molecule has 4 nitrogen and oxygen atoms in total. The Morgan fingerprint density at radius 3 is 2.46 bits per heavy atom. The Kier molecular flexibility index (Phi) is 6.30. The molecule has 2 aromatic rings. The zero-order valence-electron chi connectivity index (χ0n) is 14.3. The van der Waals surface area contributed by atoms with E-state index in [2.05, 4.69) is 10.2 Å². The number of anilines is 1. The summed E-state index contributed by atoms with van der Waals surface area (Å²) in [6.07, 6.45) is 2.06. The van der Waals surface area contributed by atoms with E-state index in [4.69, 9.17) is 39.5 Å². The van der Waals surface area contributed by atoms with Crippen molar-refractivity contribution in [3.63, 3.8) is 0 Å². The number of nitrogens with one attached hydrogen (secondary N) is 1. The third-order valence-electron chi connectivity index (χ3n) is 4.48. The molecule has 7 heteroatoms. The lowest BCUT2D eigenvalue weighted by atomic mass is 10.0. The van der Waals surface area contributed by atoms with E-state index in [1.807, 2.05) is 24.3 Å². The first-order valence-electron chi connectivity index (χ1n) is 8.30. The number of amides is 1. The highest BCUT2D eigenvalue weighted by atomic mass is 35.5. The van der Waals surface area contributed by atoms with Crippen molar-refractivity contribution in [1.82, 2.24) is 4.90 Å². The van der Waals surface area contributed by atoms with Crippen LogP contribution in [0.2, 0.25) is 15.1 Å². The highest BCUT2D eigenvalue weighted by Gasteiger charge is 2.28. The number of hydrogen-bond donors (Lipinski definition) is 1. The summed E-state index contributed by atoms with van der Waals surface area (Å²) < 4.78 is 5.21. The standard InChI is InChI=1S/C19H19Cl3N2O2/c1-26-14-6-4-12(5-7-14)17-3-2-8-24(17)11-18(25)23-19-15(21)9-13(20)10-16(19)22/h4-7,9-10,17H,2-3,8,11H2,1H3,(H,23,25). The van der Waals surface area contributed by atoms with Gasteiger partial charge in [-0.2, -0.15) is 0 Å². The highest BCUT2D eigenvalue weighted by Crippen LogP contribution is 2.35. The molecule has 1 heterocycles. The summed E-state index contributed by atoms with van der Waals surface area (Å²) in [7, 11) is 1.65. The Morgan fingerprint density at radius 2 is 1.85 bits per heavy atom. The van der Waals surface area contributed by atoms with Crippen LogP contribution in [0, 0.1) is 0 Å². The predicted octanol–water partition coefficient (Wildman–Crippen LogP) is 5.43. The molecule has 1 aliphatic heterocycles. The number of carbonyl (C=O) groups excluding carboxylic acids is 1. The fourth-order valence-corrected chi connectivity index (χ4v) is 4.16. The number of benzene rings is 2. The first kappa shape index (κ1) is 19.3. The van der Waals surface area contributed by atoms with E-state index in [0.29, 0.717) is 20.8 Å². The monoisotopic (exact) mass is 412 g/mol. The first-order chi connectivity index (χ1) is 12.5. The van der Waals surface area contributed by atoms with Gasteiger partial charge in [0.25, 0.3) is 0 Å². The lowest BCUT2D eigenvalue weighted by Gasteiger charge is -2.24. The summed E-state index contributed by atoms with van der Waals surface area (Å²) in [5.74, 6) is 0.666. The van der Waals surface area contributed by atoms with Gasteiger partial charge < -0.3 is 10.1 Å². The quantitative estimate of drug-likeness (QED) is 0.710. The molecular weight excluding hydrogens is 395 g/mol. The van der Waals surface area contributed by atoms with Gasteiger partial charge in [-0.05, 0) is 49.2 Å². The minimum Gasteiger partial charge on any atom is -0.497 e. The van der Waals surface area contributed by atoms with Crippen molar-refractivity contribution >= 4 is 46.4 Å². The fourth-order valence-electron chi connectivity index (χ4n) is 3.24. The molecular formula is C19H19Cl3N2O2. The molecule has 1 fully saturated rings. The summed E-state index contributed by atoms with van der Waals surface area (Å²) in [4.78, 5) is 14.7. The largest absolute Gasteiger partial charge is 0.497 e. The molecule has 0 radical (unpaired) electrons. The Hall–Kier alpha value is -1.46. The molecule has 2 aromatic carbocycles. The van der Waals surface area contributed by atoms with Crippen molar-refractivity contribution in [3.8, 4) is 5.75 Å². The molecule has 3 rings (SSSR count). The number of halogens is 3. The Morgan fingerprint density at radius 1 is 1.19 bits per heavy atom. The molecule has 26 heavy (non-hydrogen) atoms. The zero-order valence-corrected chi connectivity index (χ0v) is 16.5. The lowest BCUT2D eigenvalue weighted by Crippen LogP contribution is -2.33. The summed E-state index contributed by atoms with van der Waals surface area (Å²) in [6, 6.07) is 11.3. The van der Waals surface area contributed by atoms with E-state index in [9.17, 15) is 4.79 Å². The minimum atomic E-state index is -0.156. The summed E-state index contributed by atoms with van der Waals surface area (Å²) in [5.41, 5.74) is 1.57. The lowest BCUT2D eigenvalue weighted by molar-refractivity contribution is -0.117. The van der Waals surface area contributed by atoms with E-state index in [0.717, 1.165) is 25.1 Å². The van der Waals surface area contributed by atoms with Gasteiger partial charge in [-0.1, -0.05) is 46.9 Å². The molecule has 1 N–H and O–H groups in total. The molecule has 0 saturated carbocycles. The number of methoxy groups -OCH3 is 1. The van der Waals surface area contributed by atoms with Crippen LogP contribution < -0.4 is 10.1 Å². The number of ether oxygens (including phenoxy) is 1. The van der Waals surface area contributed by atoms with Crippen LogP contribution >= 0.6 is 34.8 Å². The molecule has 1 aliphatic rings. The van der Waals surface area contributed by atoms with Crippen LogP contribution in [0.3, 0.4) is 0 Å². The molecule has 1 atom stereocenters. The van der Waals surface area contributed by atoms with Crippen LogP contribution in [0.5, 0.6) is 5.75 Å². The second kappa shape index (κ2) is 8.49. The zero-order chi connectivity index (χ0) is 18.7. The van der Waals surface area contributed by atoms with Gasteiger partial charge in [0.2, 0.25) is 5.91 Å². The number of carbonyl (C=O) groups is 1. The highest BCUT2D eigenvalue weighted by molar-refractivity contribution is 6.42. The van der Waals surface area contributed by atoms with Crippen molar-refractivity contribution in [2.24, 2.45) is 0 Å². The third kappa shape index (κ3) is 4.44. The van der Waals surface area contributed by atoms with E-state index < -0.39 is 0 Å². The van der Waals surface area contributed by atoms with Gasteiger partial charge in [-0.15, -0.1) is 0 Å². The minimum absolute atomic E-state index is 0.156. The van der Waals surface area contributed by atoms with Crippen LogP contribution in [0.25, 0.3) is 0 Å². The smallest absolute Gasteiger partial charge is 0.238 e. The second-order valence-electron chi connectivity index (χ2n) is 6.19. The van der Waals surface area contributed by atoms with Crippen LogP contribution in [0.4, 0.5) is 5.69 Å². The number of hydrogen-bond acceptors (Lipinski definition) is 3. The number of rotatable bonds is 5. The first-order valence-corrected chi connectivity index (χ1v) is 9.43. The van der Waals surface area contributed by atoms with Gasteiger partial charge >= 0.3 is 0 Å². The summed E-state index contributed by atoms with van der Waals surface area (Å²) in [6.45, 7) is 1.14. The van der Waals surface area contributed by atoms with Crippen LogP contribution in [-0.4, -0.2) is 31.0 Å². The molecule has 0 spiro atoms. The maximum absolute atomic E-state index is 12.5. The fraction of sp³-hybridized carbons (Fsp3) is 0.316. The van der Waals surface area contributed by atoms with Crippen molar-refractivity contribution in [3.05, 3.63) is 57.0 Å². The third-order valence-corrected chi connectivity index (χ3v) is 5.30. The van der Waals surface area contributed by atoms with Crippen LogP contribution in [0.1, 0.15) is 24.4 Å². The van der Waals surface area contributed by atoms with Gasteiger partial charge in [0.15, 0.2) is 0 Å². The Bertz CT molecular complexity index is 773. The maximum Gasteiger partial charge on any atom is 0.238 e. The van der Waals surface area contributed by atoms with Gasteiger partial charge in [0, 0.05) is 11.1 Å². The van der Waals surface area contributed by atoms with Gasteiger partial charge in [0.1, 0.15) is 5.75 Å². The second-order valence-corrected chi connectivity index (χ2v) is 7.45. The predicted molar refractivity (Wildman–Crippen MR) is 107 cm³/mol. The van der Waals surface area contributed by atoms with E-state index in [1.54, 1.807) is 19.2 Å². The van der Waals surface area contributed by atoms with E-state index in [-0.39, 0.29) is 18.5 Å². The normalized spacial score (nSPS) is 17.3. The van der Waals surface area contributed by atoms with Crippen molar-refractivity contribution in [1.29, 1.82) is 0 Å². The maximum atomic E-state index is 12.5. The summed E-state index contributed by atoms with van der Waals surface area (Å²) in [5, 5.41) is 3.87. The average molecular weight is 414 g/mol. The number of likely N-dealkylation sites (tertiary alicyclic amines) is 1. The molecule has 138 valence electrons. The SMILES string of the molecule is COc1ccc(C2CCCN2CC(=O)Nc2c(Cl)cc(Cl)cc2Cl)cc1.